The van der Waals surface area contributed by atoms with Crippen molar-refractivity contribution in [1.82, 2.24) is 10.6 Å². The summed E-state index contributed by atoms with van der Waals surface area (Å²) >= 11 is 0. The highest BCUT2D eigenvalue weighted by Gasteiger charge is 2.22. The molecule has 1 amide bonds. The Kier molecular flexibility index (Phi) is 3.53. The lowest BCUT2D eigenvalue weighted by Gasteiger charge is -2.15. The third-order valence-corrected chi connectivity index (χ3v) is 2.38. The molecule has 12 heavy (non-hydrogen) atoms. The first kappa shape index (κ1) is 9.52. The van der Waals surface area contributed by atoms with Gasteiger partial charge in [0.25, 0.3) is 0 Å². The molecule has 70 valence electrons. The van der Waals surface area contributed by atoms with Crippen molar-refractivity contribution in [1.29, 1.82) is 0 Å². The first-order valence-corrected chi connectivity index (χ1v) is 4.77. The molecule has 1 fully saturated rings. The Morgan fingerprint density at radius 2 is 2.50 bits per heavy atom. The number of carbonyl (C=O) groups is 1. The number of hydrogen-bond acceptors (Lipinski definition) is 2. The smallest absolute Gasteiger partial charge is 0.237 e. The van der Waals surface area contributed by atoms with Gasteiger partial charge < -0.3 is 10.6 Å². The van der Waals surface area contributed by atoms with Crippen molar-refractivity contribution < 1.29 is 4.79 Å². The molecule has 1 heterocycles. The van der Waals surface area contributed by atoms with Gasteiger partial charge in [0.1, 0.15) is 0 Å². The van der Waals surface area contributed by atoms with Crippen molar-refractivity contribution in [2.75, 3.05) is 6.54 Å². The molecule has 0 bridgehead atoms. The Morgan fingerprint density at radius 3 is 3.00 bits per heavy atom. The molecule has 0 radical (unpaired) electrons. The van der Waals surface area contributed by atoms with Gasteiger partial charge in [-0.2, -0.15) is 0 Å². The van der Waals surface area contributed by atoms with Crippen molar-refractivity contribution >= 4 is 5.91 Å². The first-order valence-electron chi connectivity index (χ1n) is 4.77. The Labute approximate surface area is 73.9 Å². The SMILES string of the molecule is CCC(C)NC(=O)C1CCCN1. The van der Waals surface area contributed by atoms with Crippen LogP contribution in [0, 0.1) is 0 Å². The van der Waals surface area contributed by atoms with E-state index in [0.717, 1.165) is 25.8 Å². The van der Waals surface area contributed by atoms with Gasteiger partial charge in [-0.1, -0.05) is 6.92 Å². The zero-order valence-corrected chi connectivity index (χ0v) is 7.89. The quantitative estimate of drug-likeness (QED) is 0.653. The van der Waals surface area contributed by atoms with E-state index in [0.29, 0.717) is 6.04 Å². The van der Waals surface area contributed by atoms with E-state index in [-0.39, 0.29) is 11.9 Å². The second-order valence-corrected chi connectivity index (χ2v) is 3.47. The van der Waals surface area contributed by atoms with Gasteiger partial charge in [0.15, 0.2) is 0 Å². The van der Waals surface area contributed by atoms with E-state index in [9.17, 15) is 4.79 Å². The minimum atomic E-state index is 0.0685. The zero-order chi connectivity index (χ0) is 8.97. The Morgan fingerprint density at radius 1 is 1.75 bits per heavy atom. The molecule has 3 heteroatoms. The average Bonchev–Trinajstić information content (AvgIpc) is 2.56. The molecule has 0 aromatic heterocycles. The molecule has 1 saturated heterocycles. The summed E-state index contributed by atoms with van der Waals surface area (Å²) in [5.74, 6) is 0.168. The lowest BCUT2D eigenvalue weighted by Crippen LogP contribution is -2.43. The fourth-order valence-corrected chi connectivity index (χ4v) is 1.35. The van der Waals surface area contributed by atoms with Crippen LogP contribution in [0.15, 0.2) is 0 Å². The molecule has 0 aromatic rings. The minimum Gasteiger partial charge on any atom is -0.352 e. The number of amides is 1. The van der Waals surface area contributed by atoms with E-state index < -0.39 is 0 Å². The van der Waals surface area contributed by atoms with Crippen LogP contribution in [-0.2, 0) is 4.79 Å². The highest BCUT2D eigenvalue weighted by atomic mass is 16.2. The van der Waals surface area contributed by atoms with Crippen molar-refractivity contribution in [3.05, 3.63) is 0 Å². The summed E-state index contributed by atoms with van der Waals surface area (Å²) in [7, 11) is 0. The summed E-state index contributed by atoms with van der Waals surface area (Å²) in [5.41, 5.74) is 0. The maximum absolute atomic E-state index is 11.4. The molecule has 1 aliphatic heterocycles. The number of nitrogens with one attached hydrogen (secondary N) is 2. The van der Waals surface area contributed by atoms with Crippen LogP contribution in [0.4, 0.5) is 0 Å². The highest BCUT2D eigenvalue weighted by Crippen LogP contribution is 2.05. The van der Waals surface area contributed by atoms with Crippen LogP contribution in [0.3, 0.4) is 0 Å². The van der Waals surface area contributed by atoms with E-state index in [1.807, 2.05) is 6.92 Å². The minimum absolute atomic E-state index is 0.0685. The number of rotatable bonds is 3. The lowest BCUT2D eigenvalue weighted by atomic mass is 10.2. The lowest BCUT2D eigenvalue weighted by molar-refractivity contribution is -0.123. The molecule has 0 saturated carbocycles. The van der Waals surface area contributed by atoms with Gasteiger partial charge in [-0.3, -0.25) is 4.79 Å². The number of hydrogen-bond donors (Lipinski definition) is 2. The van der Waals surface area contributed by atoms with Crippen molar-refractivity contribution in [2.24, 2.45) is 0 Å². The normalized spacial score (nSPS) is 25.3. The van der Waals surface area contributed by atoms with Gasteiger partial charge in [-0.05, 0) is 32.7 Å². The topological polar surface area (TPSA) is 41.1 Å². The van der Waals surface area contributed by atoms with Crippen molar-refractivity contribution in [2.45, 2.75) is 45.2 Å². The molecule has 2 unspecified atom stereocenters. The Hall–Kier alpha value is -0.570. The second-order valence-electron chi connectivity index (χ2n) is 3.47. The van der Waals surface area contributed by atoms with Crippen molar-refractivity contribution in [3.63, 3.8) is 0 Å². The molecule has 2 N–H and O–H groups in total. The first-order chi connectivity index (χ1) is 5.74. The average molecular weight is 170 g/mol. The van der Waals surface area contributed by atoms with Crippen molar-refractivity contribution in [3.8, 4) is 0 Å². The van der Waals surface area contributed by atoms with E-state index >= 15 is 0 Å². The van der Waals surface area contributed by atoms with Crippen LogP contribution in [0.25, 0.3) is 0 Å². The molecule has 3 nitrogen and oxygen atoms in total. The van der Waals surface area contributed by atoms with Crippen LogP contribution in [-0.4, -0.2) is 24.5 Å². The van der Waals surface area contributed by atoms with Crippen LogP contribution >= 0.6 is 0 Å². The predicted molar refractivity (Wildman–Crippen MR) is 48.9 cm³/mol. The molecule has 0 aromatic carbocycles. The third-order valence-electron chi connectivity index (χ3n) is 2.38. The standard InChI is InChI=1S/C9H18N2O/c1-3-7(2)11-9(12)8-5-4-6-10-8/h7-8,10H,3-6H2,1-2H3,(H,11,12). The fourth-order valence-electron chi connectivity index (χ4n) is 1.35. The predicted octanol–water partition coefficient (Wildman–Crippen LogP) is 0.653. The van der Waals surface area contributed by atoms with Crippen LogP contribution in [0.2, 0.25) is 0 Å². The molecule has 0 aliphatic carbocycles. The van der Waals surface area contributed by atoms with Gasteiger partial charge in [0.2, 0.25) is 5.91 Å². The van der Waals surface area contributed by atoms with Gasteiger partial charge in [0.05, 0.1) is 6.04 Å². The van der Waals surface area contributed by atoms with E-state index in [1.165, 1.54) is 0 Å². The summed E-state index contributed by atoms with van der Waals surface area (Å²) < 4.78 is 0. The fraction of sp³-hybridized carbons (Fsp3) is 0.889. The molecular formula is C9H18N2O. The maximum Gasteiger partial charge on any atom is 0.237 e. The Bertz CT molecular complexity index is 153. The third kappa shape index (κ3) is 2.48. The summed E-state index contributed by atoms with van der Waals surface area (Å²) in [6.07, 6.45) is 3.11. The van der Waals surface area contributed by atoms with Crippen LogP contribution in [0.1, 0.15) is 33.1 Å². The summed E-state index contributed by atoms with van der Waals surface area (Å²) in [5, 5.41) is 6.14. The summed E-state index contributed by atoms with van der Waals surface area (Å²) in [6.45, 7) is 5.10. The Balaban J connectivity index is 2.27. The van der Waals surface area contributed by atoms with Gasteiger partial charge in [-0.25, -0.2) is 0 Å². The molecule has 2 atom stereocenters. The second kappa shape index (κ2) is 4.45. The van der Waals surface area contributed by atoms with Crippen LogP contribution < -0.4 is 10.6 Å². The van der Waals surface area contributed by atoms with E-state index in [2.05, 4.69) is 17.6 Å². The maximum atomic E-state index is 11.4. The largest absolute Gasteiger partial charge is 0.352 e. The molecule has 1 rings (SSSR count). The van der Waals surface area contributed by atoms with Gasteiger partial charge in [-0.15, -0.1) is 0 Å². The summed E-state index contributed by atoms with van der Waals surface area (Å²) in [4.78, 5) is 11.4. The zero-order valence-electron chi connectivity index (χ0n) is 7.89. The number of carbonyl (C=O) groups excluding carboxylic acids is 1. The molecule has 0 spiro atoms. The van der Waals surface area contributed by atoms with E-state index in [4.69, 9.17) is 0 Å². The van der Waals surface area contributed by atoms with E-state index in [1.54, 1.807) is 0 Å². The van der Waals surface area contributed by atoms with Crippen LogP contribution in [0.5, 0.6) is 0 Å². The summed E-state index contributed by atoms with van der Waals surface area (Å²) in [6, 6.07) is 0.374. The highest BCUT2D eigenvalue weighted by molar-refractivity contribution is 5.82. The van der Waals surface area contributed by atoms with Gasteiger partial charge >= 0.3 is 0 Å². The molecular weight excluding hydrogens is 152 g/mol. The molecule has 1 aliphatic rings. The van der Waals surface area contributed by atoms with Gasteiger partial charge in [0, 0.05) is 6.04 Å². The monoisotopic (exact) mass is 170 g/mol.